The van der Waals surface area contributed by atoms with Crippen molar-refractivity contribution in [3.8, 4) is 62.9 Å². The summed E-state index contributed by atoms with van der Waals surface area (Å²) in [5, 5.41) is 21.5. The molecule has 1 aromatic heterocycles. The lowest BCUT2D eigenvalue weighted by Crippen LogP contribution is -2.12. The number of carbonyl (C=O) groups is 2. The van der Waals surface area contributed by atoms with Crippen LogP contribution in [0.5, 0.6) is 28.7 Å². The third-order valence-electron chi connectivity index (χ3n) is 5.57. The third-order valence-corrected chi connectivity index (χ3v) is 5.57. The number of methoxy groups -OCH3 is 3. The Morgan fingerprint density at radius 1 is 0.625 bits per heavy atom. The number of nitrogens with zero attached hydrogens (tertiary/aromatic N) is 3. The summed E-state index contributed by atoms with van der Waals surface area (Å²) in [6.07, 6.45) is 0. The molecule has 4 aromatic rings. The molecule has 206 valence electrons. The van der Waals surface area contributed by atoms with Crippen LogP contribution in [0.1, 0.15) is 0 Å². The van der Waals surface area contributed by atoms with Crippen LogP contribution in [0.3, 0.4) is 0 Å². The molecular formula is C28H25N3O9. The van der Waals surface area contributed by atoms with Gasteiger partial charge in [-0.15, -0.1) is 0 Å². The second-order valence-electron chi connectivity index (χ2n) is 8.12. The zero-order valence-electron chi connectivity index (χ0n) is 21.8. The standard InChI is InChI=1S/C28H25N3O9/c1-36-17-6-4-16(5-7-17)26-29-27(20-10-8-18(12-22(20)32)39-14-24(34)37-2)31-28(30-26)21-11-9-19(13-23(21)33)40-15-25(35)38-3/h4-13,32-33H,14-15H2,1-3H3. The van der Waals surface area contributed by atoms with E-state index in [1.54, 1.807) is 43.5 Å². The fourth-order valence-electron chi connectivity index (χ4n) is 3.47. The zero-order valence-corrected chi connectivity index (χ0v) is 21.8. The summed E-state index contributed by atoms with van der Waals surface area (Å²) in [6.45, 7) is -0.656. The maximum absolute atomic E-state index is 11.4. The first-order valence-corrected chi connectivity index (χ1v) is 11.8. The van der Waals surface area contributed by atoms with Crippen LogP contribution in [0.4, 0.5) is 0 Å². The average Bonchev–Trinajstić information content (AvgIpc) is 2.98. The zero-order chi connectivity index (χ0) is 28.6. The second-order valence-corrected chi connectivity index (χ2v) is 8.12. The number of hydrogen-bond donors (Lipinski definition) is 2. The van der Waals surface area contributed by atoms with E-state index >= 15 is 0 Å². The molecule has 0 amide bonds. The van der Waals surface area contributed by atoms with Crippen LogP contribution in [-0.4, -0.2) is 71.6 Å². The van der Waals surface area contributed by atoms with Crippen molar-refractivity contribution in [2.45, 2.75) is 0 Å². The fraction of sp³-hybridized carbons (Fsp3) is 0.179. The number of phenols is 2. The number of rotatable bonds is 10. The smallest absolute Gasteiger partial charge is 0.343 e. The molecule has 0 unspecified atom stereocenters. The van der Waals surface area contributed by atoms with Crippen LogP contribution >= 0.6 is 0 Å². The summed E-state index contributed by atoms with van der Waals surface area (Å²) in [5.74, 6) is 0.0150. The topological polar surface area (TPSA) is 159 Å². The average molecular weight is 548 g/mol. The van der Waals surface area contributed by atoms with Crippen LogP contribution in [0.2, 0.25) is 0 Å². The first-order chi connectivity index (χ1) is 19.3. The number of phenolic OH excluding ortho intramolecular Hbond substituents is 2. The van der Waals surface area contributed by atoms with Crippen molar-refractivity contribution in [2.75, 3.05) is 34.5 Å². The van der Waals surface area contributed by atoms with Crippen molar-refractivity contribution in [2.24, 2.45) is 0 Å². The molecule has 0 saturated carbocycles. The molecule has 0 spiro atoms. The number of carbonyl (C=O) groups excluding carboxylic acids is 2. The Morgan fingerprint density at radius 2 is 1.05 bits per heavy atom. The molecule has 4 rings (SSSR count). The summed E-state index contributed by atoms with van der Waals surface area (Å²) in [5.41, 5.74) is 1.13. The lowest BCUT2D eigenvalue weighted by atomic mass is 10.1. The van der Waals surface area contributed by atoms with Crippen LogP contribution in [0.25, 0.3) is 34.2 Å². The van der Waals surface area contributed by atoms with Gasteiger partial charge in [-0.2, -0.15) is 0 Å². The van der Waals surface area contributed by atoms with Crippen molar-refractivity contribution in [1.29, 1.82) is 0 Å². The van der Waals surface area contributed by atoms with Gasteiger partial charge in [-0.1, -0.05) is 0 Å². The van der Waals surface area contributed by atoms with E-state index in [1.807, 2.05) is 0 Å². The first kappa shape index (κ1) is 27.6. The molecular weight excluding hydrogens is 522 g/mol. The van der Waals surface area contributed by atoms with E-state index in [0.29, 0.717) is 11.3 Å². The number of hydrogen-bond acceptors (Lipinski definition) is 12. The van der Waals surface area contributed by atoms with E-state index in [2.05, 4.69) is 24.4 Å². The highest BCUT2D eigenvalue weighted by atomic mass is 16.6. The van der Waals surface area contributed by atoms with E-state index in [1.165, 1.54) is 38.5 Å². The number of ether oxygens (including phenoxy) is 5. The van der Waals surface area contributed by atoms with Crippen LogP contribution in [0, 0.1) is 0 Å². The summed E-state index contributed by atoms with van der Waals surface area (Å²) >= 11 is 0. The van der Waals surface area contributed by atoms with E-state index in [0.717, 1.165) is 0 Å². The molecule has 12 heteroatoms. The van der Waals surface area contributed by atoms with Gasteiger partial charge in [0, 0.05) is 17.7 Å². The summed E-state index contributed by atoms with van der Waals surface area (Å²) in [4.78, 5) is 36.3. The lowest BCUT2D eigenvalue weighted by molar-refractivity contribution is -0.143. The van der Waals surface area contributed by atoms with Gasteiger partial charge >= 0.3 is 11.9 Å². The summed E-state index contributed by atoms with van der Waals surface area (Å²) in [6, 6.07) is 15.8. The Kier molecular flexibility index (Phi) is 8.59. The van der Waals surface area contributed by atoms with Crippen molar-refractivity contribution in [3.05, 3.63) is 60.7 Å². The Hall–Kier alpha value is -5.39. The fourth-order valence-corrected chi connectivity index (χ4v) is 3.47. The maximum Gasteiger partial charge on any atom is 0.343 e. The molecule has 12 nitrogen and oxygen atoms in total. The minimum absolute atomic E-state index is 0.109. The van der Waals surface area contributed by atoms with Gasteiger partial charge < -0.3 is 33.9 Å². The van der Waals surface area contributed by atoms with Gasteiger partial charge in [-0.05, 0) is 48.5 Å². The largest absolute Gasteiger partial charge is 0.507 e. The van der Waals surface area contributed by atoms with Crippen molar-refractivity contribution >= 4 is 11.9 Å². The van der Waals surface area contributed by atoms with E-state index < -0.39 is 11.9 Å². The van der Waals surface area contributed by atoms with Crippen molar-refractivity contribution in [1.82, 2.24) is 15.0 Å². The van der Waals surface area contributed by atoms with Crippen LogP contribution < -0.4 is 14.2 Å². The second kappa shape index (κ2) is 12.4. The molecule has 0 fully saturated rings. The first-order valence-electron chi connectivity index (χ1n) is 11.8. The number of benzene rings is 3. The summed E-state index contributed by atoms with van der Waals surface area (Å²) in [7, 11) is 4.04. The third kappa shape index (κ3) is 6.54. The highest BCUT2D eigenvalue weighted by Crippen LogP contribution is 2.35. The molecule has 3 aromatic carbocycles. The molecule has 0 aliphatic heterocycles. The Balaban J connectivity index is 1.75. The predicted molar refractivity (Wildman–Crippen MR) is 141 cm³/mol. The molecule has 0 aliphatic carbocycles. The molecule has 2 N–H and O–H groups in total. The van der Waals surface area contributed by atoms with Crippen molar-refractivity contribution in [3.63, 3.8) is 0 Å². The van der Waals surface area contributed by atoms with Gasteiger partial charge in [0.15, 0.2) is 30.7 Å². The Bertz CT molecular complexity index is 1440. The van der Waals surface area contributed by atoms with Crippen molar-refractivity contribution < 1.29 is 43.5 Å². The van der Waals surface area contributed by atoms with Gasteiger partial charge in [-0.3, -0.25) is 0 Å². The highest BCUT2D eigenvalue weighted by molar-refractivity contribution is 5.74. The monoisotopic (exact) mass is 547 g/mol. The number of aromatic hydroxyl groups is 2. The molecule has 0 aliphatic rings. The SMILES string of the molecule is COC(=O)COc1ccc(-c2nc(-c3ccc(OC)cc3)nc(-c3ccc(OCC(=O)OC)cc3O)n2)c(O)c1. The van der Waals surface area contributed by atoms with Gasteiger partial charge in [0.1, 0.15) is 28.7 Å². The number of aromatic nitrogens is 3. The molecule has 1 heterocycles. The highest BCUT2D eigenvalue weighted by Gasteiger charge is 2.18. The molecule has 0 atom stereocenters. The molecule has 0 radical (unpaired) electrons. The van der Waals surface area contributed by atoms with Crippen LogP contribution in [-0.2, 0) is 19.1 Å². The number of esters is 2. The van der Waals surface area contributed by atoms with Gasteiger partial charge in [-0.25, -0.2) is 24.5 Å². The van der Waals surface area contributed by atoms with E-state index in [4.69, 9.17) is 14.2 Å². The van der Waals surface area contributed by atoms with E-state index in [9.17, 15) is 19.8 Å². The normalized spacial score (nSPS) is 10.5. The van der Waals surface area contributed by atoms with Crippen LogP contribution in [0.15, 0.2) is 60.7 Å². The summed E-state index contributed by atoms with van der Waals surface area (Å²) < 4.78 is 25.0. The maximum atomic E-state index is 11.4. The van der Waals surface area contributed by atoms with Gasteiger partial charge in [0.25, 0.3) is 0 Å². The minimum atomic E-state index is -0.573. The molecule has 0 saturated heterocycles. The quantitative estimate of drug-likeness (QED) is 0.279. The Morgan fingerprint density at radius 3 is 1.45 bits per heavy atom. The van der Waals surface area contributed by atoms with E-state index in [-0.39, 0.29) is 64.8 Å². The molecule has 40 heavy (non-hydrogen) atoms. The Labute approximate surface area is 228 Å². The lowest BCUT2D eigenvalue weighted by Gasteiger charge is -2.12. The van der Waals surface area contributed by atoms with Gasteiger partial charge in [0.2, 0.25) is 0 Å². The molecule has 0 bridgehead atoms. The predicted octanol–water partition coefficient (Wildman–Crippen LogP) is 3.40. The van der Waals surface area contributed by atoms with Gasteiger partial charge in [0.05, 0.1) is 32.5 Å². The minimum Gasteiger partial charge on any atom is -0.507 e.